The highest BCUT2D eigenvalue weighted by atomic mass is 79.9. The highest BCUT2D eigenvalue weighted by Gasteiger charge is 2.08. The molecule has 3 heteroatoms. The van der Waals surface area contributed by atoms with Crippen LogP contribution in [0, 0.1) is 13.8 Å². The van der Waals surface area contributed by atoms with Crippen molar-refractivity contribution in [2.45, 2.75) is 13.8 Å². The number of benzene rings is 6. The SMILES string of the molecule is Cc1ccccc1-c1cccc(Nc2ccc(-c3ccc(Nc4ccc(Br)c(-c5ccccc5C)c4)cc3)cc2)c1. The van der Waals surface area contributed by atoms with Crippen LogP contribution in [0.3, 0.4) is 0 Å². The number of hydrogen-bond acceptors (Lipinski definition) is 2. The van der Waals surface area contributed by atoms with Crippen molar-refractivity contribution in [2.75, 3.05) is 10.6 Å². The standard InChI is InChI=1S/C38H31BrN2/c1-26-8-3-5-12-35(26)30-10-7-11-33(24-30)40-31-18-14-28(15-19-31)29-16-20-32(21-17-29)41-34-22-23-38(39)37(25-34)36-13-6-4-9-27(36)2/h3-25,40-41H,1-2H3. The molecule has 41 heavy (non-hydrogen) atoms. The topological polar surface area (TPSA) is 24.1 Å². The smallest absolute Gasteiger partial charge is 0.0391 e. The fourth-order valence-corrected chi connectivity index (χ4v) is 5.63. The van der Waals surface area contributed by atoms with Gasteiger partial charge in [0.1, 0.15) is 0 Å². The molecule has 0 saturated carbocycles. The summed E-state index contributed by atoms with van der Waals surface area (Å²) in [5, 5.41) is 7.12. The molecule has 0 aliphatic carbocycles. The summed E-state index contributed by atoms with van der Waals surface area (Å²) in [5.74, 6) is 0. The average Bonchev–Trinajstić information content (AvgIpc) is 3.00. The maximum atomic E-state index is 3.73. The van der Waals surface area contributed by atoms with Gasteiger partial charge in [-0.25, -0.2) is 0 Å². The van der Waals surface area contributed by atoms with E-state index in [1.807, 2.05) is 0 Å². The summed E-state index contributed by atoms with van der Waals surface area (Å²) < 4.78 is 1.09. The summed E-state index contributed by atoms with van der Waals surface area (Å²) in [5.41, 5.74) is 14.0. The lowest BCUT2D eigenvalue weighted by atomic mass is 10.00. The zero-order chi connectivity index (χ0) is 28.2. The van der Waals surface area contributed by atoms with Gasteiger partial charge in [-0.3, -0.25) is 0 Å². The molecular formula is C38H31BrN2. The van der Waals surface area contributed by atoms with Crippen molar-refractivity contribution >= 4 is 38.7 Å². The molecule has 0 unspecified atom stereocenters. The highest BCUT2D eigenvalue weighted by molar-refractivity contribution is 9.10. The summed E-state index contributed by atoms with van der Waals surface area (Å²) in [7, 11) is 0. The van der Waals surface area contributed by atoms with Crippen LogP contribution in [0.15, 0.2) is 144 Å². The number of rotatable bonds is 7. The van der Waals surface area contributed by atoms with Gasteiger partial charge in [0.05, 0.1) is 0 Å². The van der Waals surface area contributed by atoms with E-state index in [4.69, 9.17) is 0 Å². The monoisotopic (exact) mass is 594 g/mol. The van der Waals surface area contributed by atoms with Crippen molar-refractivity contribution in [1.29, 1.82) is 0 Å². The average molecular weight is 596 g/mol. The van der Waals surface area contributed by atoms with E-state index in [-0.39, 0.29) is 0 Å². The van der Waals surface area contributed by atoms with Gasteiger partial charge in [0.15, 0.2) is 0 Å². The van der Waals surface area contributed by atoms with Crippen LogP contribution in [0.4, 0.5) is 22.7 Å². The van der Waals surface area contributed by atoms with Gasteiger partial charge in [-0.05, 0) is 113 Å². The fraction of sp³-hybridized carbons (Fsp3) is 0.0526. The summed E-state index contributed by atoms with van der Waals surface area (Å²) >= 11 is 3.73. The zero-order valence-electron chi connectivity index (χ0n) is 23.2. The van der Waals surface area contributed by atoms with Crippen molar-refractivity contribution in [2.24, 2.45) is 0 Å². The third kappa shape index (κ3) is 6.11. The first kappa shape index (κ1) is 26.6. The molecule has 200 valence electrons. The molecule has 0 bridgehead atoms. The largest absolute Gasteiger partial charge is 0.356 e. The van der Waals surface area contributed by atoms with E-state index >= 15 is 0 Å². The van der Waals surface area contributed by atoms with Crippen LogP contribution in [-0.2, 0) is 0 Å². The van der Waals surface area contributed by atoms with Gasteiger partial charge >= 0.3 is 0 Å². The second-order valence-corrected chi connectivity index (χ2v) is 11.2. The van der Waals surface area contributed by atoms with Gasteiger partial charge in [0.25, 0.3) is 0 Å². The van der Waals surface area contributed by atoms with Gasteiger partial charge in [-0.15, -0.1) is 0 Å². The summed E-state index contributed by atoms with van der Waals surface area (Å²) in [6.07, 6.45) is 0. The van der Waals surface area contributed by atoms with Crippen LogP contribution in [0.1, 0.15) is 11.1 Å². The minimum atomic E-state index is 1.05. The molecule has 2 N–H and O–H groups in total. The summed E-state index contributed by atoms with van der Waals surface area (Å²) in [4.78, 5) is 0. The molecule has 0 aliphatic heterocycles. The quantitative estimate of drug-likeness (QED) is 0.192. The first-order valence-electron chi connectivity index (χ1n) is 13.8. The maximum Gasteiger partial charge on any atom is 0.0391 e. The molecule has 0 aliphatic rings. The second-order valence-electron chi connectivity index (χ2n) is 10.3. The molecule has 0 saturated heterocycles. The predicted octanol–water partition coefficient (Wildman–Crippen LogP) is 11.6. The van der Waals surface area contributed by atoms with Gasteiger partial charge in [0.2, 0.25) is 0 Å². The van der Waals surface area contributed by atoms with Gasteiger partial charge < -0.3 is 10.6 Å². The summed E-state index contributed by atoms with van der Waals surface area (Å²) in [6.45, 7) is 4.30. The van der Waals surface area contributed by atoms with Gasteiger partial charge in [0, 0.05) is 27.2 Å². The lowest BCUT2D eigenvalue weighted by Gasteiger charge is -2.13. The molecule has 0 heterocycles. The Labute approximate surface area is 250 Å². The Kier molecular flexibility index (Phi) is 7.71. The van der Waals surface area contributed by atoms with E-state index in [9.17, 15) is 0 Å². The van der Waals surface area contributed by atoms with Crippen molar-refractivity contribution in [3.05, 3.63) is 155 Å². The van der Waals surface area contributed by atoms with Gasteiger partial charge in [-0.1, -0.05) is 101 Å². The Morgan fingerprint density at radius 2 is 0.902 bits per heavy atom. The number of halogens is 1. The molecule has 0 atom stereocenters. The molecule has 0 aromatic heterocycles. The fourth-order valence-electron chi connectivity index (χ4n) is 5.17. The number of hydrogen-bond donors (Lipinski definition) is 2. The highest BCUT2D eigenvalue weighted by Crippen LogP contribution is 2.34. The molecule has 6 aromatic carbocycles. The van der Waals surface area contributed by atoms with E-state index in [2.05, 4.69) is 180 Å². The van der Waals surface area contributed by atoms with Gasteiger partial charge in [-0.2, -0.15) is 0 Å². The zero-order valence-corrected chi connectivity index (χ0v) is 24.7. The molecule has 0 amide bonds. The Morgan fingerprint density at radius 1 is 0.390 bits per heavy atom. The molecular weight excluding hydrogens is 564 g/mol. The predicted molar refractivity (Wildman–Crippen MR) is 179 cm³/mol. The minimum Gasteiger partial charge on any atom is -0.356 e. The van der Waals surface area contributed by atoms with Crippen LogP contribution >= 0.6 is 15.9 Å². The Balaban J connectivity index is 1.14. The molecule has 0 radical (unpaired) electrons. The van der Waals surface area contributed by atoms with Crippen molar-refractivity contribution < 1.29 is 0 Å². The van der Waals surface area contributed by atoms with Crippen LogP contribution in [0.2, 0.25) is 0 Å². The van der Waals surface area contributed by atoms with E-state index in [1.54, 1.807) is 0 Å². The Morgan fingerprint density at radius 3 is 1.49 bits per heavy atom. The van der Waals surface area contributed by atoms with E-state index < -0.39 is 0 Å². The van der Waals surface area contributed by atoms with Crippen molar-refractivity contribution in [1.82, 2.24) is 0 Å². The first-order chi connectivity index (χ1) is 20.0. The van der Waals surface area contributed by atoms with Crippen molar-refractivity contribution in [3.63, 3.8) is 0 Å². The van der Waals surface area contributed by atoms with E-state index in [0.29, 0.717) is 0 Å². The molecule has 2 nitrogen and oxygen atoms in total. The minimum absolute atomic E-state index is 1.05. The van der Waals surface area contributed by atoms with E-state index in [0.717, 1.165) is 27.2 Å². The van der Waals surface area contributed by atoms with Crippen LogP contribution in [0.25, 0.3) is 33.4 Å². The molecule has 6 aromatic rings. The lowest BCUT2D eigenvalue weighted by Crippen LogP contribution is -1.93. The lowest BCUT2D eigenvalue weighted by molar-refractivity contribution is 1.44. The second kappa shape index (κ2) is 11.9. The molecule has 6 rings (SSSR count). The van der Waals surface area contributed by atoms with Crippen LogP contribution < -0.4 is 10.6 Å². The number of anilines is 4. The van der Waals surface area contributed by atoms with Crippen LogP contribution in [0.5, 0.6) is 0 Å². The normalized spacial score (nSPS) is 10.8. The third-order valence-electron chi connectivity index (χ3n) is 7.40. The Hall–Kier alpha value is -4.60. The molecule has 0 fully saturated rings. The summed E-state index contributed by atoms with van der Waals surface area (Å²) in [6, 6.07) is 49.1. The van der Waals surface area contributed by atoms with E-state index in [1.165, 1.54) is 44.5 Å². The maximum absolute atomic E-state index is 3.73. The first-order valence-corrected chi connectivity index (χ1v) is 14.6. The number of nitrogens with one attached hydrogen (secondary N) is 2. The third-order valence-corrected chi connectivity index (χ3v) is 8.09. The van der Waals surface area contributed by atoms with Crippen molar-refractivity contribution in [3.8, 4) is 33.4 Å². The Bertz CT molecular complexity index is 1800. The number of aryl methyl sites for hydroxylation is 2. The molecule has 0 spiro atoms. The van der Waals surface area contributed by atoms with Crippen LogP contribution in [-0.4, -0.2) is 0 Å².